The fraction of sp³-hybridized carbons (Fsp3) is 0. The van der Waals surface area contributed by atoms with Crippen LogP contribution in [-0.4, -0.2) is 25.2 Å². The van der Waals surface area contributed by atoms with Crippen molar-refractivity contribution in [3.8, 4) is 5.75 Å². The molecular weight excluding hydrogens is 170 g/mol. The van der Waals surface area contributed by atoms with Gasteiger partial charge in [-0.25, -0.2) is 0 Å². The Kier molecular flexibility index (Phi) is 1.45. The van der Waals surface area contributed by atoms with E-state index >= 15 is 0 Å². The molecule has 8 heteroatoms. The molecule has 12 heavy (non-hydrogen) atoms. The van der Waals surface area contributed by atoms with E-state index in [1.54, 1.807) is 0 Å². The van der Waals surface area contributed by atoms with Crippen LogP contribution in [-0.2, 0) is 0 Å². The average molecular weight is 175 g/mol. The van der Waals surface area contributed by atoms with Gasteiger partial charge in [-0.3, -0.25) is 9.59 Å². The Morgan fingerprint density at radius 1 is 1.17 bits per heavy atom. The van der Waals surface area contributed by atoms with Crippen LogP contribution in [0.5, 0.6) is 5.75 Å². The normalized spacial score (nSPS) is 10.0. The van der Waals surface area contributed by atoms with Crippen molar-refractivity contribution in [1.82, 2.24) is 9.69 Å². The molecular formula is C4H5N3O5. The summed E-state index contributed by atoms with van der Waals surface area (Å²) in [6.45, 7) is 0. The maximum atomic E-state index is 10.6. The highest BCUT2D eigenvalue weighted by molar-refractivity contribution is 5.42. The molecule has 0 unspecified atom stereocenters. The van der Waals surface area contributed by atoms with Gasteiger partial charge in [0.15, 0.2) is 0 Å². The number of nitrogen functional groups attached to an aromatic ring is 1. The largest absolute Gasteiger partial charge is 0.501 e. The summed E-state index contributed by atoms with van der Waals surface area (Å²) >= 11 is 0. The van der Waals surface area contributed by atoms with Crippen molar-refractivity contribution in [3.63, 3.8) is 0 Å². The van der Waals surface area contributed by atoms with Gasteiger partial charge in [-0.05, 0) is 4.85 Å². The first-order valence-electron chi connectivity index (χ1n) is 2.72. The SMILES string of the molecule is Nc1c(O)c(=O)c(=O)n(O)n1O. The highest BCUT2D eigenvalue weighted by Gasteiger charge is 2.14. The van der Waals surface area contributed by atoms with Gasteiger partial charge in [-0.2, -0.15) is 0 Å². The summed E-state index contributed by atoms with van der Waals surface area (Å²) in [4.78, 5) is 20.5. The van der Waals surface area contributed by atoms with Crippen LogP contribution in [0.4, 0.5) is 5.82 Å². The monoisotopic (exact) mass is 175 g/mol. The molecule has 0 aliphatic carbocycles. The van der Waals surface area contributed by atoms with Gasteiger partial charge in [0.2, 0.25) is 11.6 Å². The minimum absolute atomic E-state index is 0.251. The van der Waals surface area contributed by atoms with Crippen LogP contribution in [0, 0.1) is 0 Å². The number of nitrogens with zero attached hydrogens (tertiary/aromatic N) is 2. The molecule has 5 N–H and O–H groups in total. The van der Waals surface area contributed by atoms with E-state index in [1.807, 2.05) is 0 Å². The van der Waals surface area contributed by atoms with Crippen molar-refractivity contribution in [2.24, 2.45) is 0 Å². The summed E-state index contributed by atoms with van der Waals surface area (Å²) in [7, 11) is 0. The number of hydrogen-bond donors (Lipinski definition) is 4. The lowest BCUT2D eigenvalue weighted by molar-refractivity contribution is -0.0204. The van der Waals surface area contributed by atoms with E-state index in [0.717, 1.165) is 0 Å². The van der Waals surface area contributed by atoms with Crippen molar-refractivity contribution >= 4 is 5.82 Å². The average Bonchev–Trinajstić information content (AvgIpc) is 2.08. The third-order valence-electron chi connectivity index (χ3n) is 1.23. The van der Waals surface area contributed by atoms with Gasteiger partial charge in [0, 0.05) is 0 Å². The minimum atomic E-state index is -1.50. The Morgan fingerprint density at radius 3 is 2.17 bits per heavy atom. The van der Waals surface area contributed by atoms with Crippen LogP contribution >= 0.6 is 0 Å². The fourth-order valence-electron chi connectivity index (χ4n) is 0.591. The Balaban J connectivity index is 3.86. The van der Waals surface area contributed by atoms with E-state index in [1.165, 1.54) is 0 Å². The molecule has 66 valence electrons. The summed E-state index contributed by atoms with van der Waals surface area (Å²) in [6.07, 6.45) is 0. The zero-order valence-electron chi connectivity index (χ0n) is 5.63. The van der Waals surface area contributed by atoms with Crippen LogP contribution in [0.1, 0.15) is 0 Å². The minimum Gasteiger partial charge on any atom is -0.501 e. The molecule has 1 aromatic heterocycles. The lowest BCUT2D eigenvalue weighted by Gasteiger charge is -2.05. The maximum absolute atomic E-state index is 10.6. The number of aromatic nitrogens is 2. The number of anilines is 1. The number of aromatic hydroxyl groups is 1. The Labute approximate surface area is 64.2 Å². The highest BCUT2D eigenvalue weighted by Crippen LogP contribution is 2.07. The lowest BCUT2D eigenvalue weighted by Crippen LogP contribution is -2.39. The van der Waals surface area contributed by atoms with Crippen LogP contribution in [0.2, 0.25) is 0 Å². The van der Waals surface area contributed by atoms with Gasteiger partial charge in [0.1, 0.15) is 0 Å². The summed E-state index contributed by atoms with van der Waals surface area (Å²) in [5.41, 5.74) is 2.01. The van der Waals surface area contributed by atoms with Gasteiger partial charge in [-0.1, -0.05) is 4.85 Å². The second-order valence-corrected chi connectivity index (χ2v) is 1.95. The lowest BCUT2D eigenvalue weighted by atomic mass is 10.5. The smallest absolute Gasteiger partial charge is 0.355 e. The Morgan fingerprint density at radius 2 is 1.67 bits per heavy atom. The van der Waals surface area contributed by atoms with E-state index in [-0.39, 0.29) is 4.85 Å². The number of hydrogen-bond acceptors (Lipinski definition) is 6. The molecule has 1 rings (SSSR count). The molecule has 0 atom stereocenters. The predicted molar refractivity (Wildman–Crippen MR) is 35.4 cm³/mol. The van der Waals surface area contributed by atoms with Crippen LogP contribution in [0.15, 0.2) is 9.59 Å². The first-order valence-corrected chi connectivity index (χ1v) is 2.72. The molecule has 1 heterocycles. The van der Waals surface area contributed by atoms with Crippen molar-refractivity contribution in [1.29, 1.82) is 0 Å². The molecule has 8 nitrogen and oxygen atoms in total. The zero-order chi connectivity index (χ0) is 9.46. The van der Waals surface area contributed by atoms with Crippen molar-refractivity contribution in [3.05, 3.63) is 20.6 Å². The van der Waals surface area contributed by atoms with E-state index in [0.29, 0.717) is 0 Å². The third-order valence-corrected chi connectivity index (χ3v) is 1.23. The van der Waals surface area contributed by atoms with E-state index in [2.05, 4.69) is 0 Å². The number of nitrogens with two attached hydrogens (primary N) is 1. The quantitative estimate of drug-likeness (QED) is 0.261. The summed E-state index contributed by atoms with van der Waals surface area (Å²) in [5.74, 6) is -1.92. The molecule has 0 radical (unpaired) electrons. The van der Waals surface area contributed by atoms with E-state index in [9.17, 15) is 9.59 Å². The molecule has 0 bridgehead atoms. The molecule has 0 spiro atoms. The Hall–Kier alpha value is -2.12. The second-order valence-electron chi connectivity index (χ2n) is 1.95. The van der Waals surface area contributed by atoms with Gasteiger partial charge >= 0.3 is 5.56 Å². The zero-order valence-corrected chi connectivity index (χ0v) is 5.63. The van der Waals surface area contributed by atoms with Crippen molar-refractivity contribution < 1.29 is 15.5 Å². The van der Waals surface area contributed by atoms with Gasteiger partial charge in [0.25, 0.3) is 5.43 Å². The summed E-state index contributed by atoms with van der Waals surface area (Å²) < 4.78 is 0. The molecule has 0 amide bonds. The topological polar surface area (TPSA) is 131 Å². The van der Waals surface area contributed by atoms with Crippen LogP contribution in [0.3, 0.4) is 0 Å². The number of rotatable bonds is 0. The van der Waals surface area contributed by atoms with Crippen molar-refractivity contribution in [2.45, 2.75) is 0 Å². The first-order chi connectivity index (χ1) is 5.46. The Bertz CT molecular complexity index is 389. The van der Waals surface area contributed by atoms with Crippen LogP contribution < -0.4 is 16.7 Å². The molecule has 0 aromatic carbocycles. The maximum Gasteiger partial charge on any atom is 0.355 e. The third kappa shape index (κ3) is 0.779. The summed E-state index contributed by atoms with van der Waals surface area (Å²) in [5, 5.41) is 26.1. The van der Waals surface area contributed by atoms with Crippen LogP contribution in [0.25, 0.3) is 0 Å². The van der Waals surface area contributed by atoms with Gasteiger partial charge in [0.05, 0.1) is 0 Å². The predicted octanol–water partition coefficient (Wildman–Crippen LogP) is -2.23. The van der Waals surface area contributed by atoms with Gasteiger partial charge in [-0.15, -0.1) is 0 Å². The second kappa shape index (κ2) is 2.19. The molecule has 0 aliphatic rings. The molecule has 0 fully saturated rings. The first kappa shape index (κ1) is 7.98. The molecule has 0 saturated heterocycles. The molecule has 0 saturated carbocycles. The van der Waals surface area contributed by atoms with Gasteiger partial charge < -0.3 is 21.3 Å². The molecule has 1 aromatic rings. The van der Waals surface area contributed by atoms with E-state index < -0.39 is 27.4 Å². The fourth-order valence-corrected chi connectivity index (χ4v) is 0.591. The molecule has 0 aliphatic heterocycles. The standard InChI is InChI=1S/C4H5N3O5/c5-3-1(8)2(9)4(10)7(12)6(3)11/h8,11-12H,5H2. The highest BCUT2D eigenvalue weighted by atomic mass is 16.6. The van der Waals surface area contributed by atoms with Crippen molar-refractivity contribution in [2.75, 3.05) is 5.73 Å². The van der Waals surface area contributed by atoms with E-state index in [4.69, 9.17) is 21.3 Å². The summed E-state index contributed by atoms with van der Waals surface area (Å²) in [6, 6.07) is 0.